The Bertz CT molecular complexity index is 572. The predicted octanol–water partition coefficient (Wildman–Crippen LogP) is 1.78. The van der Waals surface area contributed by atoms with E-state index >= 15 is 0 Å². The lowest BCUT2D eigenvalue weighted by Gasteiger charge is -2.06. The second-order valence-electron chi connectivity index (χ2n) is 3.30. The quantitative estimate of drug-likeness (QED) is 0.513. The Morgan fingerprint density at radius 3 is 2.24 bits per heavy atom. The van der Waals surface area contributed by atoms with Gasteiger partial charge in [-0.2, -0.15) is 23.3 Å². The van der Waals surface area contributed by atoms with E-state index in [1.54, 1.807) is 0 Å². The van der Waals surface area contributed by atoms with Crippen LogP contribution in [0.5, 0.6) is 0 Å². The van der Waals surface area contributed by atoms with Gasteiger partial charge in [0.25, 0.3) is 11.8 Å². The van der Waals surface area contributed by atoms with Crippen LogP contribution >= 0.6 is 0 Å². The molecule has 86 valence electrons. The number of carbonyl (C=O) groups is 2. The molecule has 1 aromatic rings. The summed E-state index contributed by atoms with van der Waals surface area (Å²) in [6, 6.07) is 2.17. The number of imide groups is 1. The number of halogens is 3. The van der Waals surface area contributed by atoms with E-state index in [1.165, 1.54) is 6.19 Å². The number of hydrogen-bond acceptors (Lipinski definition) is 3. The number of amides is 2. The SMILES string of the molecule is N#CN1C(=O)c2ccc(C(F)(F)F)cc2C1=O. The first-order chi connectivity index (χ1) is 7.86. The van der Waals surface area contributed by atoms with Crippen LogP contribution in [0.1, 0.15) is 26.3 Å². The molecule has 0 radical (unpaired) electrons. The van der Waals surface area contributed by atoms with Gasteiger partial charge in [0.1, 0.15) is 0 Å². The fraction of sp³-hybridized carbons (Fsp3) is 0.100. The van der Waals surface area contributed by atoms with Gasteiger partial charge in [0.05, 0.1) is 16.7 Å². The molecule has 2 rings (SSSR count). The fourth-order valence-corrected chi connectivity index (χ4v) is 1.51. The van der Waals surface area contributed by atoms with Crippen molar-refractivity contribution in [1.29, 1.82) is 5.26 Å². The van der Waals surface area contributed by atoms with Gasteiger partial charge in [0, 0.05) is 0 Å². The summed E-state index contributed by atoms with van der Waals surface area (Å²) >= 11 is 0. The van der Waals surface area contributed by atoms with Crippen molar-refractivity contribution in [3.8, 4) is 6.19 Å². The van der Waals surface area contributed by atoms with Crippen molar-refractivity contribution in [2.75, 3.05) is 0 Å². The summed E-state index contributed by atoms with van der Waals surface area (Å²) in [4.78, 5) is 23.1. The van der Waals surface area contributed by atoms with E-state index in [2.05, 4.69) is 0 Å². The van der Waals surface area contributed by atoms with Gasteiger partial charge >= 0.3 is 6.18 Å². The first kappa shape index (κ1) is 11.1. The van der Waals surface area contributed by atoms with E-state index < -0.39 is 29.1 Å². The molecule has 1 aliphatic heterocycles. The number of benzene rings is 1. The largest absolute Gasteiger partial charge is 0.416 e. The minimum atomic E-state index is -4.60. The van der Waals surface area contributed by atoms with Crippen molar-refractivity contribution in [2.24, 2.45) is 0 Å². The molecule has 0 saturated carbocycles. The maximum Gasteiger partial charge on any atom is 0.416 e. The topological polar surface area (TPSA) is 61.2 Å². The monoisotopic (exact) mass is 240 g/mol. The molecule has 1 aliphatic rings. The molecule has 1 heterocycles. The molecule has 0 bridgehead atoms. The van der Waals surface area contributed by atoms with E-state index in [-0.39, 0.29) is 10.5 Å². The van der Waals surface area contributed by atoms with Crippen LogP contribution < -0.4 is 0 Å². The van der Waals surface area contributed by atoms with E-state index in [0.717, 1.165) is 6.07 Å². The van der Waals surface area contributed by atoms with Crippen LogP contribution in [0.3, 0.4) is 0 Å². The van der Waals surface area contributed by atoms with E-state index in [9.17, 15) is 22.8 Å². The van der Waals surface area contributed by atoms with Crippen molar-refractivity contribution in [3.05, 3.63) is 34.9 Å². The number of hydrogen-bond donors (Lipinski definition) is 0. The Morgan fingerprint density at radius 2 is 1.71 bits per heavy atom. The molecule has 4 nitrogen and oxygen atoms in total. The lowest BCUT2D eigenvalue weighted by molar-refractivity contribution is -0.137. The molecular weight excluding hydrogens is 237 g/mol. The van der Waals surface area contributed by atoms with Gasteiger partial charge in [-0.05, 0) is 18.2 Å². The second kappa shape index (κ2) is 3.31. The minimum absolute atomic E-state index is 0.190. The summed E-state index contributed by atoms with van der Waals surface area (Å²) in [6.45, 7) is 0. The van der Waals surface area contributed by atoms with Gasteiger partial charge < -0.3 is 0 Å². The smallest absolute Gasteiger partial charge is 0.267 e. The van der Waals surface area contributed by atoms with Gasteiger partial charge in [-0.3, -0.25) is 9.59 Å². The molecule has 0 N–H and O–H groups in total. The van der Waals surface area contributed by atoms with Crippen LogP contribution in [-0.2, 0) is 6.18 Å². The summed E-state index contributed by atoms with van der Waals surface area (Å²) < 4.78 is 37.2. The molecular formula is C10H3F3N2O2. The molecule has 0 saturated heterocycles. The Labute approximate surface area is 92.9 Å². The summed E-state index contributed by atoms with van der Waals surface area (Å²) in [5.41, 5.74) is -1.62. The van der Waals surface area contributed by atoms with Crippen LogP contribution in [0.4, 0.5) is 13.2 Å². The number of nitrogens with zero attached hydrogens (tertiary/aromatic N) is 2. The number of carbonyl (C=O) groups excluding carboxylic acids is 2. The molecule has 0 aliphatic carbocycles. The van der Waals surface area contributed by atoms with Crippen LogP contribution in [0, 0.1) is 11.5 Å². The molecule has 1 aromatic carbocycles. The molecule has 7 heteroatoms. The zero-order chi connectivity index (χ0) is 12.8. The highest BCUT2D eigenvalue weighted by Crippen LogP contribution is 2.32. The summed E-state index contributed by atoms with van der Waals surface area (Å²) in [6.07, 6.45) is -3.28. The molecule has 0 atom stereocenters. The molecule has 17 heavy (non-hydrogen) atoms. The highest BCUT2D eigenvalue weighted by Gasteiger charge is 2.39. The van der Waals surface area contributed by atoms with Gasteiger partial charge in [0.15, 0.2) is 6.19 Å². The Balaban J connectivity index is 2.59. The average molecular weight is 240 g/mol. The summed E-state index contributed by atoms with van der Waals surface area (Å²) in [5, 5.41) is 8.52. The maximum atomic E-state index is 12.4. The van der Waals surface area contributed by atoms with Crippen molar-refractivity contribution in [2.45, 2.75) is 6.18 Å². The number of fused-ring (bicyclic) bond motifs is 1. The first-order valence-electron chi connectivity index (χ1n) is 4.36. The van der Waals surface area contributed by atoms with Crippen molar-refractivity contribution < 1.29 is 22.8 Å². The number of rotatable bonds is 0. The van der Waals surface area contributed by atoms with Crippen molar-refractivity contribution >= 4 is 11.8 Å². The summed E-state index contributed by atoms with van der Waals surface area (Å²) in [5.74, 6) is -1.93. The minimum Gasteiger partial charge on any atom is -0.267 e. The lowest BCUT2D eigenvalue weighted by atomic mass is 10.1. The van der Waals surface area contributed by atoms with Crippen molar-refractivity contribution in [3.63, 3.8) is 0 Å². The molecule has 0 spiro atoms. The summed E-state index contributed by atoms with van der Waals surface area (Å²) in [7, 11) is 0. The van der Waals surface area contributed by atoms with Crippen LogP contribution in [0.25, 0.3) is 0 Å². The maximum absolute atomic E-state index is 12.4. The Hall–Kier alpha value is -2.36. The zero-order valence-electron chi connectivity index (χ0n) is 8.08. The fourth-order valence-electron chi connectivity index (χ4n) is 1.51. The lowest BCUT2D eigenvalue weighted by Crippen LogP contribution is -2.23. The molecule has 0 unspecified atom stereocenters. The molecule has 0 fully saturated rings. The number of nitriles is 1. The molecule has 0 aromatic heterocycles. The standard InChI is InChI=1S/C10H3F3N2O2/c11-10(12,13)5-1-2-6-7(3-5)9(17)15(4-14)8(6)16/h1-3H. The predicted molar refractivity (Wildman–Crippen MR) is 47.6 cm³/mol. The second-order valence-corrected chi connectivity index (χ2v) is 3.30. The highest BCUT2D eigenvalue weighted by molar-refractivity contribution is 6.22. The number of alkyl halides is 3. The van der Waals surface area contributed by atoms with Crippen molar-refractivity contribution in [1.82, 2.24) is 4.90 Å². The van der Waals surface area contributed by atoms with Gasteiger partial charge in [-0.1, -0.05) is 0 Å². The normalized spacial score (nSPS) is 14.8. The van der Waals surface area contributed by atoms with Crippen LogP contribution in [0.15, 0.2) is 18.2 Å². The van der Waals surface area contributed by atoms with Crippen LogP contribution in [-0.4, -0.2) is 16.7 Å². The van der Waals surface area contributed by atoms with Gasteiger partial charge in [0.2, 0.25) is 0 Å². The Kier molecular flexibility index (Phi) is 2.17. The van der Waals surface area contributed by atoms with E-state index in [4.69, 9.17) is 5.26 Å². The van der Waals surface area contributed by atoms with E-state index in [1.807, 2.05) is 0 Å². The third-order valence-electron chi connectivity index (χ3n) is 2.31. The van der Waals surface area contributed by atoms with Gasteiger partial charge in [-0.25, -0.2) is 0 Å². The third kappa shape index (κ3) is 1.54. The zero-order valence-corrected chi connectivity index (χ0v) is 8.08. The third-order valence-corrected chi connectivity index (χ3v) is 2.31. The first-order valence-corrected chi connectivity index (χ1v) is 4.36. The average Bonchev–Trinajstić information content (AvgIpc) is 2.50. The Morgan fingerprint density at radius 1 is 1.12 bits per heavy atom. The van der Waals surface area contributed by atoms with Gasteiger partial charge in [-0.15, -0.1) is 0 Å². The van der Waals surface area contributed by atoms with E-state index in [0.29, 0.717) is 12.1 Å². The molecule has 2 amide bonds. The van der Waals surface area contributed by atoms with Crippen LogP contribution in [0.2, 0.25) is 0 Å². The highest BCUT2D eigenvalue weighted by atomic mass is 19.4.